The first-order valence-electron chi connectivity index (χ1n) is 8.47. The topological polar surface area (TPSA) is 105 Å². The molecule has 134 valence electrons. The number of hydrogen-bond acceptors (Lipinski definition) is 4. The van der Waals surface area contributed by atoms with Crippen molar-refractivity contribution in [2.24, 2.45) is 11.7 Å². The van der Waals surface area contributed by atoms with Gasteiger partial charge in [0.15, 0.2) is 0 Å². The van der Waals surface area contributed by atoms with Crippen LogP contribution in [0.3, 0.4) is 0 Å². The summed E-state index contributed by atoms with van der Waals surface area (Å²) in [7, 11) is 4.12. The van der Waals surface area contributed by atoms with E-state index in [2.05, 4.69) is 34.7 Å². The van der Waals surface area contributed by atoms with E-state index in [1.807, 2.05) is 0 Å². The molecule has 1 aromatic heterocycles. The molecule has 1 fully saturated rings. The lowest BCUT2D eigenvalue weighted by molar-refractivity contribution is -0.118. The van der Waals surface area contributed by atoms with Crippen LogP contribution < -0.4 is 16.4 Å². The molecule has 1 aromatic rings. The second-order valence-electron chi connectivity index (χ2n) is 6.66. The van der Waals surface area contributed by atoms with Crippen molar-refractivity contribution in [2.45, 2.75) is 44.7 Å². The SMILES string of the molecule is CN(C)C(CNC(=O)Nc1cnn(CC(N)=O)c1)C1CCCCC1. The molecular weight excluding hydrogens is 308 g/mol. The van der Waals surface area contributed by atoms with Gasteiger partial charge in [-0.15, -0.1) is 0 Å². The van der Waals surface area contributed by atoms with E-state index in [-0.39, 0.29) is 12.6 Å². The standard InChI is InChI=1S/C16H28N6O2/c1-21(2)14(12-6-4-3-5-7-12)9-18-16(24)20-13-8-19-22(10-13)11-15(17)23/h8,10,12,14H,3-7,9,11H2,1-2H3,(H2,17,23)(H2,18,20,24). The van der Waals surface area contributed by atoms with Crippen molar-refractivity contribution < 1.29 is 9.59 Å². The predicted octanol–water partition coefficient (Wildman–Crippen LogP) is 1.00. The number of urea groups is 1. The molecule has 24 heavy (non-hydrogen) atoms. The van der Waals surface area contributed by atoms with Crippen LogP contribution in [0.1, 0.15) is 32.1 Å². The third-order valence-corrected chi connectivity index (χ3v) is 4.54. The minimum Gasteiger partial charge on any atom is -0.368 e. The number of aromatic nitrogens is 2. The molecule has 0 spiro atoms. The zero-order valence-electron chi connectivity index (χ0n) is 14.5. The summed E-state index contributed by atoms with van der Waals surface area (Å²) in [6.07, 6.45) is 9.40. The van der Waals surface area contributed by atoms with Gasteiger partial charge in [-0.25, -0.2) is 4.79 Å². The Balaban J connectivity index is 1.82. The number of hydrogen-bond donors (Lipinski definition) is 3. The summed E-state index contributed by atoms with van der Waals surface area (Å²) in [5.74, 6) is 0.155. The summed E-state index contributed by atoms with van der Waals surface area (Å²) in [5.41, 5.74) is 5.65. The van der Waals surface area contributed by atoms with Crippen LogP contribution in [-0.4, -0.2) is 53.3 Å². The van der Waals surface area contributed by atoms with Crippen molar-refractivity contribution in [2.75, 3.05) is 26.0 Å². The summed E-state index contributed by atoms with van der Waals surface area (Å²) in [6.45, 7) is 0.604. The number of anilines is 1. The van der Waals surface area contributed by atoms with Crippen molar-refractivity contribution in [1.82, 2.24) is 20.0 Å². The van der Waals surface area contributed by atoms with Gasteiger partial charge >= 0.3 is 6.03 Å². The Kier molecular flexibility index (Phi) is 6.60. The third-order valence-electron chi connectivity index (χ3n) is 4.54. The molecule has 1 unspecified atom stereocenters. The first-order valence-corrected chi connectivity index (χ1v) is 8.47. The van der Waals surface area contributed by atoms with Gasteiger partial charge in [-0.05, 0) is 32.9 Å². The molecule has 1 saturated carbocycles. The fraction of sp³-hybridized carbons (Fsp3) is 0.688. The fourth-order valence-electron chi connectivity index (χ4n) is 3.34. The minimum atomic E-state index is -0.476. The highest BCUT2D eigenvalue weighted by Gasteiger charge is 2.25. The van der Waals surface area contributed by atoms with Gasteiger partial charge in [0, 0.05) is 18.8 Å². The number of nitrogens with one attached hydrogen (secondary N) is 2. The first-order chi connectivity index (χ1) is 11.5. The summed E-state index contributed by atoms with van der Waals surface area (Å²) in [4.78, 5) is 25.1. The molecule has 0 aliphatic heterocycles. The lowest BCUT2D eigenvalue weighted by Gasteiger charge is -2.34. The maximum absolute atomic E-state index is 12.1. The lowest BCUT2D eigenvalue weighted by Crippen LogP contribution is -2.46. The molecule has 8 nitrogen and oxygen atoms in total. The second-order valence-corrected chi connectivity index (χ2v) is 6.66. The van der Waals surface area contributed by atoms with Crippen LogP contribution in [0.25, 0.3) is 0 Å². The predicted molar refractivity (Wildman–Crippen MR) is 92.5 cm³/mol. The number of nitrogens with two attached hydrogens (primary N) is 1. The molecule has 1 aliphatic rings. The minimum absolute atomic E-state index is 0.00627. The van der Waals surface area contributed by atoms with E-state index in [1.54, 1.807) is 6.20 Å². The highest BCUT2D eigenvalue weighted by atomic mass is 16.2. The van der Waals surface area contributed by atoms with Crippen molar-refractivity contribution in [1.29, 1.82) is 0 Å². The molecule has 4 N–H and O–H groups in total. The third kappa shape index (κ3) is 5.52. The zero-order valence-corrected chi connectivity index (χ0v) is 14.5. The lowest BCUT2D eigenvalue weighted by atomic mass is 9.83. The second kappa shape index (κ2) is 8.68. The van der Waals surface area contributed by atoms with Crippen LogP contribution in [-0.2, 0) is 11.3 Å². The van der Waals surface area contributed by atoms with Gasteiger partial charge in [0.25, 0.3) is 0 Å². The largest absolute Gasteiger partial charge is 0.368 e. The van der Waals surface area contributed by atoms with Crippen LogP contribution in [0.15, 0.2) is 12.4 Å². The number of nitrogens with zero attached hydrogens (tertiary/aromatic N) is 3. The zero-order chi connectivity index (χ0) is 17.5. The van der Waals surface area contributed by atoms with Gasteiger partial charge in [-0.1, -0.05) is 19.3 Å². The average Bonchev–Trinajstić information content (AvgIpc) is 2.94. The normalized spacial score (nSPS) is 16.8. The van der Waals surface area contributed by atoms with E-state index in [0.717, 1.165) is 0 Å². The van der Waals surface area contributed by atoms with E-state index < -0.39 is 5.91 Å². The van der Waals surface area contributed by atoms with Crippen LogP contribution >= 0.6 is 0 Å². The van der Waals surface area contributed by atoms with E-state index >= 15 is 0 Å². The number of likely N-dealkylation sites (N-methyl/N-ethyl adjacent to an activating group) is 1. The molecule has 8 heteroatoms. The molecule has 0 bridgehead atoms. The highest BCUT2D eigenvalue weighted by molar-refractivity contribution is 5.88. The Bertz CT molecular complexity index is 551. The molecule has 2 rings (SSSR count). The first kappa shape index (κ1) is 18.3. The number of amides is 3. The number of carbonyl (C=O) groups excluding carboxylic acids is 2. The van der Waals surface area contributed by atoms with E-state index in [9.17, 15) is 9.59 Å². The van der Waals surface area contributed by atoms with Gasteiger partial charge in [0.2, 0.25) is 5.91 Å². The molecule has 0 radical (unpaired) electrons. The summed E-state index contributed by atoms with van der Waals surface area (Å²) >= 11 is 0. The van der Waals surface area contributed by atoms with Crippen LogP contribution in [0.4, 0.5) is 10.5 Å². The Hall–Kier alpha value is -2.09. The Morgan fingerprint density at radius 1 is 1.38 bits per heavy atom. The maximum atomic E-state index is 12.1. The van der Waals surface area contributed by atoms with E-state index in [4.69, 9.17) is 5.73 Å². The van der Waals surface area contributed by atoms with Crippen LogP contribution in [0.2, 0.25) is 0 Å². The smallest absolute Gasteiger partial charge is 0.319 e. The summed E-state index contributed by atoms with van der Waals surface area (Å²) in [5, 5.41) is 9.64. The van der Waals surface area contributed by atoms with Gasteiger partial charge in [0.05, 0.1) is 11.9 Å². The summed E-state index contributed by atoms with van der Waals surface area (Å²) < 4.78 is 1.39. The number of primary amides is 1. The Morgan fingerprint density at radius 2 is 2.08 bits per heavy atom. The van der Waals surface area contributed by atoms with Gasteiger partial charge in [-0.2, -0.15) is 5.10 Å². The number of carbonyl (C=O) groups is 2. The van der Waals surface area contributed by atoms with E-state index in [1.165, 1.54) is 43.0 Å². The molecule has 0 aromatic carbocycles. The average molecular weight is 336 g/mol. The molecular formula is C16H28N6O2. The van der Waals surface area contributed by atoms with Gasteiger partial charge < -0.3 is 21.3 Å². The van der Waals surface area contributed by atoms with E-state index in [0.29, 0.717) is 24.2 Å². The maximum Gasteiger partial charge on any atom is 0.319 e. The quantitative estimate of drug-likeness (QED) is 0.691. The monoisotopic (exact) mass is 336 g/mol. The van der Waals surface area contributed by atoms with Gasteiger partial charge in [-0.3, -0.25) is 9.48 Å². The van der Waals surface area contributed by atoms with Crippen molar-refractivity contribution in [3.8, 4) is 0 Å². The molecule has 3 amide bonds. The Labute approximate surface area is 142 Å². The highest BCUT2D eigenvalue weighted by Crippen LogP contribution is 2.28. The Morgan fingerprint density at radius 3 is 2.71 bits per heavy atom. The van der Waals surface area contributed by atoms with Crippen molar-refractivity contribution >= 4 is 17.6 Å². The molecule has 1 aliphatic carbocycles. The molecule has 1 heterocycles. The van der Waals surface area contributed by atoms with Gasteiger partial charge in [0.1, 0.15) is 6.54 Å². The van der Waals surface area contributed by atoms with Crippen molar-refractivity contribution in [3.63, 3.8) is 0 Å². The van der Waals surface area contributed by atoms with Crippen LogP contribution in [0.5, 0.6) is 0 Å². The fourth-order valence-corrected chi connectivity index (χ4v) is 3.34. The van der Waals surface area contributed by atoms with Crippen LogP contribution in [0, 0.1) is 5.92 Å². The molecule has 1 atom stereocenters. The number of rotatable bonds is 7. The summed E-state index contributed by atoms with van der Waals surface area (Å²) in [6, 6.07) is 0.0740. The molecule has 0 saturated heterocycles. The van der Waals surface area contributed by atoms with Crippen molar-refractivity contribution in [3.05, 3.63) is 12.4 Å².